The number of amides is 1. The van der Waals surface area contributed by atoms with E-state index in [0.29, 0.717) is 12.3 Å². The van der Waals surface area contributed by atoms with Crippen molar-refractivity contribution in [3.05, 3.63) is 24.4 Å². The maximum atomic E-state index is 11.8. The highest BCUT2D eigenvalue weighted by atomic mass is 16.6. The summed E-state index contributed by atoms with van der Waals surface area (Å²) in [4.78, 5) is 23.4. The molecule has 2 rings (SSSR count). The quantitative estimate of drug-likeness (QED) is 0.876. The molecule has 7 nitrogen and oxygen atoms in total. The number of nitrogens with one attached hydrogen (secondary N) is 1. The molecule has 0 saturated carbocycles. The zero-order valence-electron chi connectivity index (χ0n) is 13.8. The molecule has 0 radical (unpaired) electrons. The molecule has 124 valence electrons. The molecule has 2 aromatic rings. The lowest BCUT2D eigenvalue weighted by molar-refractivity contribution is -0.143. The number of esters is 1. The highest BCUT2D eigenvalue weighted by molar-refractivity contribution is 5.90. The van der Waals surface area contributed by atoms with Gasteiger partial charge in [-0.3, -0.25) is 14.8 Å². The number of aromatic nitrogens is 2. The SMILES string of the molecule is CCOC(=O)Cn1ncc2ccc(NC(=O)OC(C)(C)C)cc21. The molecule has 0 bridgehead atoms. The van der Waals surface area contributed by atoms with Gasteiger partial charge in [0.15, 0.2) is 0 Å². The Kier molecular flexibility index (Phi) is 4.88. The first-order valence-corrected chi connectivity index (χ1v) is 7.39. The highest BCUT2D eigenvalue weighted by Gasteiger charge is 2.16. The summed E-state index contributed by atoms with van der Waals surface area (Å²) in [5, 5.41) is 7.70. The third-order valence-corrected chi connectivity index (χ3v) is 2.87. The summed E-state index contributed by atoms with van der Waals surface area (Å²) in [5.41, 5.74) is 0.726. The first-order chi connectivity index (χ1) is 10.8. The highest BCUT2D eigenvalue weighted by Crippen LogP contribution is 2.20. The maximum Gasteiger partial charge on any atom is 0.412 e. The van der Waals surface area contributed by atoms with Crippen molar-refractivity contribution in [2.75, 3.05) is 11.9 Å². The van der Waals surface area contributed by atoms with Crippen molar-refractivity contribution >= 4 is 28.7 Å². The fourth-order valence-corrected chi connectivity index (χ4v) is 2.02. The van der Waals surface area contributed by atoms with E-state index in [9.17, 15) is 9.59 Å². The summed E-state index contributed by atoms with van der Waals surface area (Å²) in [6.45, 7) is 7.48. The number of carbonyl (C=O) groups is 2. The summed E-state index contributed by atoms with van der Waals surface area (Å²) < 4.78 is 11.7. The van der Waals surface area contributed by atoms with E-state index in [2.05, 4.69) is 10.4 Å². The van der Waals surface area contributed by atoms with Crippen molar-refractivity contribution in [3.8, 4) is 0 Å². The Morgan fingerprint density at radius 3 is 2.70 bits per heavy atom. The normalized spacial score (nSPS) is 11.3. The lowest BCUT2D eigenvalue weighted by Gasteiger charge is -2.19. The van der Waals surface area contributed by atoms with Crippen molar-refractivity contribution in [2.24, 2.45) is 0 Å². The maximum absolute atomic E-state index is 11.8. The number of rotatable bonds is 4. The van der Waals surface area contributed by atoms with Gasteiger partial charge in [-0.15, -0.1) is 0 Å². The third-order valence-electron chi connectivity index (χ3n) is 2.87. The van der Waals surface area contributed by atoms with Crippen LogP contribution in [0.2, 0.25) is 0 Å². The molecule has 1 heterocycles. The Balaban J connectivity index is 2.17. The molecule has 0 aliphatic heterocycles. The van der Waals surface area contributed by atoms with Crippen LogP contribution < -0.4 is 5.32 Å². The smallest absolute Gasteiger partial charge is 0.412 e. The summed E-state index contributed by atoms with van der Waals surface area (Å²) in [5.74, 6) is -0.358. The van der Waals surface area contributed by atoms with Crippen molar-refractivity contribution in [2.45, 2.75) is 39.8 Å². The van der Waals surface area contributed by atoms with E-state index in [1.54, 1.807) is 46.0 Å². The monoisotopic (exact) mass is 319 g/mol. The van der Waals surface area contributed by atoms with Crippen LogP contribution in [0.25, 0.3) is 10.9 Å². The number of nitrogens with zero attached hydrogens (tertiary/aromatic N) is 2. The molecule has 1 N–H and O–H groups in total. The lowest BCUT2D eigenvalue weighted by atomic mass is 10.2. The average molecular weight is 319 g/mol. The van der Waals surface area contributed by atoms with E-state index < -0.39 is 11.7 Å². The fraction of sp³-hybridized carbons (Fsp3) is 0.438. The molecule has 1 aromatic carbocycles. The number of fused-ring (bicyclic) bond motifs is 1. The van der Waals surface area contributed by atoms with Gasteiger partial charge in [-0.2, -0.15) is 5.10 Å². The predicted molar refractivity (Wildman–Crippen MR) is 86.2 cm³/mol. The minimum atomic E-state index is -0.570. The van der Waals surface area contributed by atoms with E-state index in [1.807, 2.05) is 6.07 Å². The van der Waals surface area contributed by atoms with Gasteiger partial charge in [0.2, 0.25) is 0 Å². The van der Waals surface area contributed by atoms with Crippen LogP contribution in [0.1, 0.15) is 27.7 Å². The van der Waals surface area contributed by atoms with Gasteiger partial charge >= 0.3 is 12.1 Å². The molecule has 0 saturated heterocycles. The molecule has 0 aliphatic rings. The van der Waals surface area contributed by atoms with Crippen LogP contribution in [0, 0.1) is 0 Å². The first-order valence-electron chi connectivity index (χ1n) is 7.39. The van der Waals surface area contributed by atoms with E-state index in [4.69, 9.17) is 9.47 Å². The van der Waals surface area contributed by atoms with Gasteiger partial charge in [-0.05, 0) is 45.9 Å². The van der Waals surface area contributed by atoms with Crippen LogP contribution in [0.3, 0.4) is 0 Å². The van der Waals surface area contributed by atoms with Crippen LogP contribution in [0.5, 0.6) is 0 Å². The molecule has 0 aliphatic carbocycles. The van der Waals surface area contributed by atoms with Crippen molar-refractivity contribution < 1.29 is 19.1 Å². The molecular formula is C16H21N3O4. The summed E-state index contributed by atoms with van der Waals surface area (Å²) in [6, 6.07) is 5.31. The van der Waals surface area contributed by atoms with Gasteiger partial charge in [0.1, 0.15) is 12.1 Å². The molecule has 0 unspecified atom stereocenters. The van der Waals surface area contributed by atoms with E-state index in [1.165, 1.54) is 4.68 Å². The Morgan fingerprint density at radius 2 is 2.04 bits per heavy atom. The van der Waals surface area contributed by atoms with Gasteiger partial charge in [-0.25, -0.2) is 4.79 Å². The van der Waals surface area contributed by atoms with Gasteiger partial charge in [0.25, 0.3) is 0 Å². The van der Waals surface area contributed by atoms with Crippen LogP contribution in [-0.2, 0) is 20.8 Å². The van der Waals surface area contributed by atoms with Crippen LogP contribution in [-0.4, -0.2) is 34.1 Å². The molecule has 0 atom stereocenters. The van der Waals surface area contributed by atoms with Crippen LogP contribution in [0.15, 0.2) is 24.4 Å². The molecule has 1 amide bonds. The number of anilines is 1. The summed E-state index contributed by atoms with van der Waals surface area (Å²) in [6.07, 6.45) is 1.12. The molecular weight excluding hydrogens is 298 g/mol. The molecule has 0 fully saturated rings. The molecule has 0 spiro atoms. The minimum Gasteiger partial charge on any atom is -0.465 e. The molecule has 1 aromatic heterocycles. The largest absolute Gasteiger partial charge is 0.465 e. The Hall–Kier alpha value is -2.57. The van der Waals surface area contributed by atoms with E-state index in [0.717, 1.165) is 10.9 Å². The molecule has 7 heteroatoms. The average Bonchev–Trinajstić information content (AvgIpc) is 2.79. The predicted octanol–water partition coefficient (Wildman–Crippen LogP) is 2.95. The lowest BCUT2D eigenvalue weighted by Crippen LogP contribution is -2.27. The zero-order valence-corrected chi connectivity index (χ0v) is 13.8. The Morgan fingerprint density at radius 1 is 1.30 bits per heavy atom. The van der Waals surface area contributed by atoms with E-state index >= 15 is 0 Å². The van der Waals surface area contributed by atoms with E-state index in [-0.39, 0.29) is 12.5 Å². The van der Waals surface area contributed by atoms with Gasteiger partial charge < -0.3 is 9.47 Å². The first kappa shape index (κ1) is 16.8. The topological polar surface area (TPSA) is 82.5 Å². The van der Waals surface area contributed by atoms with Crippen molar-refractivity contribution in [3.63, 3.8) is 0 Å². The molecule has 23 heavy (non-hydrogen) atoms. The second-order valence-corrected chi connectivity index (χ2v) is 6.01. The zero-order chi connectivity index (χ0) is 17.0. The van der Waals surface area contributed by atoms with Gasteiger partial charge in [-0.1, -0.05) is 0 Å². The number of benzene rings is 1. The number of hydrogen-bond donors (Lipinski definition) is 1. The van der Waals surface area contributed by atoms with Gasteiger partial charge in [0.05, 0.1) is 18.3 Å². The summed E-state index contributed by atoms with van der Waals surface area (Å²) in [7, 11) is 0. The third kappa shape index (κ3) is 4.70. The van der Waals surface area contributed by atoms with Crippen molar-refractivity contribution in [1.29, 1.82) is 0 Å². The minimum absolute atomic E-state index is 0.0211. The van der Waals surface area contributed by atoms with Gasteiger partial charge in [0, 0.05) is 11.1 Å². The number of ether oxygens (including phenoxy) is 2. The second kappa shape index (κ2) is 6.68. The fourth-order valence-electron chi connectivity index (χ4n) is 2.02. The standard InChI is InChI=1S/C16H21N3O4/c1-5-22-14(20)10-19-13-8-12(7-6-11(13)9-17-19)18-15(21)23-16(2,3)4/h6-9H,5,10H2,1-4H3,(H,18,21). The number of hydrogen-bond acceptors (Lipinski definition) is 5. The van der Waals surface area contributed by atoms with Crippen molar-refractivity contribution in [1.82, 2.24) is 9.78 Å². The Labute approximate surface area is 134 Å². The van der Waals surface area contributed by atoms with Crippen LogP contribution in [0.4, 0.5) is 10.5 Å². The van der Waals surface area contributed by atoms with Crippen LogP contribution >= 0.6 is 0 Å². The number of carbonyl (C=O) groups excluding carboxylic acids is 2. The second-order valence-electron chi connectivity index (χ2n) is 6.01. The Bertz CT molecular complexity index is 716. The summed E-state index contributed by atoms with van der Waals surface area (Å²) >= 11 is 0.